The average molecular weight is 247 g/mol. The van der Waals surface area contributed by atoms with Gasteiger partial charge in [0.15, 0.2) is 0 Å². The van der Waals surface area contributed by atoms with Crippen LogP contribution in [0.3, 0.4) is 0 Å². The molecule has 0 aliphatic carbocycles. The number of ether oxygens (including phenoxy) is 2. The number of methoxy groups -OCH3 is 1. The predicted molar refractivity (Wildman–Crippen MR) is 73.9 cm³/mol. The third-order valence-electron chi connectivity index (χ3n) is 2.49. The quantitative estimate of drug-likeness (QED) is 0.593. The lowest BCUT2D eigenvalue weighted by atomic mass is 10.2. The van der Waals surface area contributed by atoms with Gasteiger partial charge in [0.25, 0.3) is 0 Å². The van der Waals surface area contributed by atoms with Crippen LogP contribution in [0.15, 0.2) is 18.2 Å². The molecule has 1 aromatic rings. The smallest absolute Gasteiger partial charge is 0.149 e. The monoisotopic (exact) mass is 247 g/mol. The zero-order chi connectivity index (χ0) is 13.2. The lowest BCUT2D eigenvalue weighted by Gasteiger charge is -2.12. The van der Waals surface area contributed by atoms with E-state index in [9.17, 15) is 0 Å². The van der Waals surface area contributed by atoms with E-state index in [1.54, 1.807) is 14.0 Å². The van der Waals surface area contributed by atoms with Crippen molar-refractivity contribution >= 4 is 0 Å². The van der Waals surface area contributed by atoms with Gasteiger partial charge >= 0.3 is 0 Å². The van der Waals surface area contributed by atoms with Crippen molar-refractivity contribution in [1.82, 2.24) is 5.32 Å². The van der Waals surface area contributed by atoms with Crippen molar-refractivity contribution in [3.05, 3.63) is 23.8 Å². The standard InChI is InChI=1S/C15H21NO2/c1-4-6-10-18-15-8-7-14(17-3)11-13(15)12-16-9-5-2/h7-8,11,16H,5,9-10,12H2,1-3H3. The van der Waals surface area contributed by atoms with E-state index in [2.05, 4.69) is 24.1 Å². The van der Waals surface area contributed by atoms with E-state index < -0.39 is 0 Å². The first-order valence-corrected chi connectivity index (χ1v) is 6.21. The fourth-order valence-corrected chi connectivity index (χ4v) is 1.55. The van der Waals surface area contributed by atoms with Gasteiger partial charge in [-0.3, -0.25) is 0 Å². The van der Waals surface area contributed by atoms with E-state index in [0.717, 1.165) is 36.6 Å². The maximum Gasteiger partial charge on any atom is 0.149 e. The SMILES string of the molecule is CC#CCOc1ccc(OC)cc1CNCCC. The number of benzene rings is 1. The summed E-state index contributed by atoms with van der Waals surface area (Å²) in [5, 5.41) is 3.36. The van der Waals surface area contributed by atoms with Crippen LogP contribution in [0.25, 0.3) is 0 Å². The van der Waals surface area contributed by atoms with Crippen LogP contribution in [0, 0.1) is 11.8 Å². The van der Waals surface area contributed by atoms with Crippen LogP contribution in [0.4, 0.5) is 0 Å². The Bertz CT molecular complexity index is 418. The molecule has 3 heteroatoms. The van der Waals surface area contributed by atoms with E-state index in [-0.39, 0.29) is 0 Å². The zero-order valence-electron chi connectivity index (χ0n) is 11.4. The minimum atomic E-state index is 0.420. The Kier molecular flexibility index (Phi) is 6.75. The second-order valence-electron chi connectivity index (χ2n) is 3.87. The molecule has 0 spiro atoms. The van der Waals surface area contributed by atoms with Gasteiger partial charge in [0.2, 0.25) is 0 Å². The summed E-state index contributed by atoms with van der Waals surface area (Å²) in [4.78, 5) is 0. The first-order valence-electron chi connectivity index (χ1n) is 6.21. The second-order valence-corrected chi connectivity index (χ2v) is 3.87. The molecule has 0 bridgehead atoms. The van der Waals surface area contributed by atoms with Gasteiger partial charge in [-0.1, -0.05) is 12.8 Å². The van der Waals surface area contributed by atoms with E-state index in [4.69, 9.17) is 9.47 Å². The molecule has 1 aromatic carbocycles. The van der Waals surface area contributed by atoms with Gasteiger partial charge in [-0.25, -0.2) is 0 Å². The minimum Gasteiger partial charge on any atom is -0.497 e. The number of hydrogen-bond acceptors (Lipinski definition) is 3. The Hall–Kier alpha value is -1.66. The van der Waals surface area contributed by atoms with Gasteiger partial charge in [0, 0.05) is 12.1 Å². The highest BCUT2D eigenvalue weighted by molar-refractivity contribution is 5.40. The lowest BCUT2D eigenvalue weighted by Crippen LogP contribution is -2.14. The van der Waals surface area contributed by atoms with Crippen molar-refractivity contribution in [3.63, 3.8) is 0 Å². The molecule has 0 aliphatic rings. The summed E-state index contributed by atoms with van der Waals surface area (Å²) in [5.74, 6) is 7.42. The highest BCUT2D eigenvalue weighted by Crippen LogP contribution is 2.24. The van der Waals surface area contributed by atoms with Crippen LogP contribution >= 0.6 is 0 Å². The molecular formula is C15H21NO2. The Labute approximate surface area is 109 Å². The summed E-state index contributed by atoms with van der Waals surface area (Å²) in [6.07, 6.45) is 1.11. The van der Waals surface area contributed by atoms with Crippen molar-refractivity contribution in [3.8, 4) is 23.3 Å². The molecule has 98 valence electrons. The van der Waals surface area contributed by atoms with Crippen molar-refractivity contribution in [2.45, 2.75) is 26.8 Å². The van der Waals surface area contributed by atoms with Crippen molar-refractivity contribution < 1.29 is 9.47 Å². The average Bonchev–Trinajstić information content (AvgIpc) is 2.40. The van der Waals surface area contributed by atoms with Crippen LogP contribution in [0.2, 0.25) is 0 Å². The molecule has 0 aliphatic heterocycles. The third kappa shape index (κ3) is 4.68. The molecule has 0 saturated heterocycles. The Morgan fingerprint density at radius 1 is 1.33 bits per heavy atom. The van der Waals surface area contributed by atoms with Gasteiger partial charge in [-0.05, 0) is 38.1 Å². The first kappa shape index (κ1) is 14.4. The van der Waals surface area contributed by atoms with Crippen molar-refractivity contribution in [1.29, 1.82) is 0 Å². The molecule has 0 aromatic heterocycles. The van der Waals surface area contributed by atoms with E-state index in [0.29, 0.717) is 6.61 Å². The lowest BCUT2D eigenvalue weighted by molar-refractivity contribution is 0.362. The molecule has 0 amide bonds. The van der Waals surface area contributed by atoms with Crippen LogP contribution in [-0.2, 0) is 6.54 Å². The van der Waals surface area contributed by atoms with Crippen LogP contribution < -0.4 is 14.8 Å². The molecule has 0 heterocycles. The number of rotatable bonds is 7. The second kappa shape index (κ2) is 8.43. The fraction of sp³-hybridized carbons (Fsp3) is 0.467. The summed E-state index contributed by atoms with van der Waals surface area (Å²) in [7, 11) is 1.67. The zero-order valence-corrected chi connectivity index (χ0v) is 11.4. The molecule has 3 nitrogen and oxygen atoms in total. The summed E-state index contributed by atoms with van der Waals surface area (Å²) in [6, 6.07) is 5.83. The van der Waals surface area contributed by atoms with E-state index >= 15 is 0 Å². The van der Waals surface area contributed by atoms with Crippen molar-refractivity contribution in [2.75, 3.05) is 20.3 Å². The number of nitrogens with one attached hydrogen (secondary N) is 1. The summed E-state index contributed by atoms with van der Waals surface area (Å²) in [5.41, 5.74) is 1.10. The molecule has 1 N–H and O–H groups in total. The Balaban J connectivity index is 2.74. The summed E-state index contributed by atoms with van der Waals surface area (Å²) >= 11 is 0. The van der Waals surface area contributed by atoms with Gasteiger partial charge < -0.3 is 14.8 Å². The van der Waals surface area contributed by atoms with E-state index in [1.165, 1.54) is 0 Å². The Morgan fingerprint density at radius 3 is 2.83 bits per heavy atom. The highest BCUT2D eigenvalue weighted by Gasteiger charge is 2.05. The molecule has 18 heavy (non-hydrogen) atoms. The Morgan fingerprint density at radius 2 is 2.17 bits per heavy atom. The molecule has 0 fully saturated rings. The van der Waals surface area contributed by atoms with Gasteiger partial charge in [-0.15, -0.1) is 5.92 Å². The third-order valence-corrected chi connectivity index (χ3v) is 2.49. The maximum atomic E-state index is 5.64. The minimum absolute atomic E-state index is 0.420. The van der Waals surface area contributed by atoms with Gasteiger partial charge in [-0.2, -0.15) is 0 Å². The fourth-order valence-electron chi connectivity index (χ4n) is 1.55. The number of hydrogen-bond donors (Lipinski definition) is 1. The largest absolute Gasteiger partial charge is 0.497 e. The first-order chi connectivity index (χ1) is 8.81. The molecular weight excluding hydrogens is 226 g/mol. The highest BCUT2D eigenvalue weighted by atomic mass is 16.5. The molecule has 0 saturated carbocycles. The van der Waals surface area contributed by atoms with Crippen LogP contribution in [0.1, 0.15) is 25.8 Å². The topological polar surface area (TPSA) is 30.5 Å². The molecule has 0 unspecified atom stereocenters. The van der Waals surface area contributed by atoms with Gasteiger partial charge in [0.1, 0.15) is 18.1 Å². The maximum absolute atomic E-state index is 5.64. The predicted octanol–water partition coefficient (Wildman–Crippen LogP) is 2.60. The molecule has 1 rings (SSSR count). The molecule has 0 atom stereocenters. The van der Waals surface area contributed by atoms with E-state index in [1.807, 2.05) is 18.2 Å². The van der Waals surface area contributed by atoms with Crippen LogP contribution in [-0.4, -0.2) is 20.3 Å². The molecule has 0 radical (unpaired) electrons. The van der Waals surface area contributed by atoms with Crippen molar-refractivity contribution in [2.24, 2.45) is 0 Å². The normalized spacial score (nSPS) is 9.50. The van der Waals surface area contributed by atoms with Gasteiger partial charge in [0.05, 0.1) is 7.11 Å². The summed E-state index contributed by atoms with van der Waals surface area (Å²) < 4.78 is 10.9. The summed E-state index contributed by atoms with van der Waals surface area (Å²) in [6.45, 7) is 6.14. The van der Waals surface area contributed by atoms with Crippen LogP contribution in [0.5, 0.6) is 11.5 Å².